The average molecular weight is 358 g/mol. The monoisotopic (exact) mass is 358 g/mol. The van der Waals surface area contributed by atoms with Gasteiger partial charge in [-0.25, -0.2) is 0 Å². The predicted octanol–water partition coefficient (Wildman–Crippen LogP) is 3.88. The molecular weight excluding hydrogens is 328 g/mol. The Labute approximate surface area is 155 Å². The summed E-state index contributed by atoms with van der Waals surface area (Å²) in [5.74, 6) is 0.905. The van der Waals surface area contributed by atoms with E-state index in [4.69, 9.17) is 4.74 Å². The summed E-state index contributed by atoms with van der Waals surface area (Å²) in [7, 11) is 0. The fourth-order valence-electron chi connectivity index (χ4n) is 7.25. The summed E-state index contributed by atoms with van der Waals surface area (Å²) in [6.07, 6.45) is 5.80. The summed E-state index contributed by atoms with van der Waals surface area (Å²) in [5.41, 5.74) is 0.223. The van der Waals surface area contributed by atoms with E-state index < -0.39 is 5.41 Å². The smallest absolute Gasteiger partial charge is 0.302 e. The Kier molecular flexibility index (Phi) is 3.81. The van der Waals surface area contributed by atoms with Crippen LogP contribution in [0.15, 0.2) is 12.2 Å². The molecule has 4 aliphatic rings. The van der Waals surface area contributed by atoms with Crippen molar-refractivity contribution in [2.24, 2.45) is 34.0 Å². The van der Waals surface area contributed by atoms with E-state index in [1.165, 1.54) is 12.5 Å². The van der Waals surface area contributed by atoms with Gasteiger partial charge in [0, 0.05) is 25.2 Å². The quantitative estimate of drug-likeness (QED) is 0.555. The number of fused-ring (bicyclic) bond motifs is 3. The Morgan fingerprint density at radius 1 is 1.19 bits per heavy atom. The van der Waals surface area contributed by atoms with Crippen LogP contribution in [-0.2, 0) is 19.1 Å². The van der Waals surface area contributed by atoms with Crippen molar-refractivity contribution in [2.75, 3.05) is 6.61 Å². The first kappa shape index (κ1) is 17.9. The zero-order valence-corrected chi connectivity index (χ0v) is 16.2. The zero-order valence-electron chi connectivity index (χ0n) is 16.2. The molecule has 4 aliphatic carbocycles. The van der Waals surface area contributed by atoms with Gasteiger partial charge in [0.25, 0.3) is 0 Å². The molecule has 0 aromatic carbocycles. The highest BCUT2D eigenvalue weighted by molar-refractivity contribution is 5.92. The van der Waals surface area contributed by atoms with Crippen LogP contribution in [0.4, 0.5) is 0 Å². The van der Waals surface area contributed by atoms with Gasteiger partial charge in [0.1, 0.15) is 18.2 Å². The fourth-order valence-corrected chi connectivity index (χ4v) is 7.25. The van der Waals surface area contributed by atoms with Crippen LogP contribution in [0, 0.1) is 34.0 Å². The third kappa shape index (κ3) is 2.16. The van der Waals surface area contributed by atoms with Crippen molar-refractivity contribution in [3.05, 3.63) is 12.2 Å². The first-order valence-electron chi connectivity index (χ1n) is 10.0. The number of ether oxygens (including phenoxy) is 1. The van der Waals surface area contributed by atoms with Crippen LogP contribution >= 0.6 is 0 Å². The van der Waals surface area contributed by atoms with Gasteiger partial charge in [-0.2, -0.15) is 0 Å². The third-order valence-corrected chi connectivity index (χ3v) is 8.61. The van der Waals surface area contributed by atoms with Crippen molar-refractivity contribution in [1.29, 1.82) is 0 Å². The highest BCUT2D eigenvalue weighted by atomic mass is 16.5. The number of esters is 1. The molecule has 4 fully saturated rings. The Hall–Kier alpha value is -1.45. The molecule has 0 N–H and O–H groups in total. The highest BCUT2D eigenvalue weighted by Gasteiger charge is 2.68. The van der Waals surface area contributed by atoms with Crippen molar-refractivity contribution >= 4 is 17.5 Å². The molecule has 0 radical (unpaired) electrons. The van der Waals surface area contributed by atoms with Gasteiger partial charge in [-0.1, -0.05) is 19.1 Å². The summed E-state index contributed by atoms with van der Waals surface area (Å²) < 4.78 is 5.31. The maximum absolute atomic E-state index is 13.4. The van der Waals surface area contributed by atoms with E-state index in [1.807, 2.05) is 6.92 Å². The lowest BCUT2D eigenvalue weighted by molar-refractivity contribution is -0.183. The number of Topliss-reactive ketones (excluding diaryl/α,β-unsaturated/α-hetero) is 2. The molecule has 0 heterocycles. The summed E-state index contributed by atoms with van der Waals surface area (Å²) >= 11 is 0. The second kappa shape index (κ2) is 5.53. The molecule has 4 rings (SSSR count). The van der Waals surface area contributed by atoms with Gasteiger partial charge in [-0.05, 0) is 62.2 Å². The Morgan fingerprint density at radius 3 is 2.62 bits per heavy atom. The third-order valence-electron chi connectivity index (χ3n) is 8.61. The number of carbonyl (C=O) groups is 3. The molecule has 0 aliphatic heterocycles. The minimum atomic E-state index is -0.748. The molecule has 0 aromatic rings. The Balaban J connectivity index is 1.74. The number of rotatable bonds is 2. The lowest BCUT2D eigenvalue weighted by atomic mass is 9.40. The topological polar surface area (TPSA) is 60.4 Å². The van der Waals surface area contributed by atoms with E-state index in [0.29, 0.717) is 30.5 Å². The first-order valence-corrected chi connectivity index (χ1v) is 10.0. The van der Waals surface area contributed by atoms with Gasteiger partial charge >= 0.3 is 5.97 Å². The average Bonchev–Trinajstić information content (AvgIpc) is 2.83. The predicted molar refractivity (Wildman–Crippen MR) is 97.2 cm³/mol. The minimum absolute atomic E-state index is 0.0378. The lowest BCUT2D eigenvalue weighted by Gasteiger charge is -2.62. The molecule has 6 atom stereocenters. The van der Waals surface area contributed by atoms with Gasteiger partial charge < -0.3 is 4.74 Å². The van der Waals surface area contributed by atoms with Crippen LogP contribution in [0.5, 0.6) is 0 Å². The van der Waals surface area contributed by atoms with E-state index >= 15 is 0 Å². The maximum Gasteiger partial charge on any atom is 0.302 e. The van der Waals surface area contributed by atoms with Gasteiger partial charge in [0.15, 0.2) is 0 Å². The Morgan fingerprint density at radius 2 is 1.92 bits per heavy atom. The molecular formula is C22H30O4. The van der Waals surface area contributed by atoms with Gasteiger partial charge in [0.05, 0.1) is 5.41 Å². The normalized spacial score (nSPS) is 47.3. The number of hydrogen-bond acceptors (Lipinski definition) is 4. The number of hydrogen-bond donors (Lipinski definition) is 0. The maximum atomic E-state index is 13.4. The van der Waals surface area contributed by atoms with Crippen molar-refractivity contribution < 1.29 is 19.1 Å². The molecule has 4 nitrogen and oxygen atoms in total. The molecule has 6 unspecified atom stereocenters. The van der Waals surface area contributed by atoms with Crippen LogP contribution in [0.3, 0.4) is 0 Å². The van der Waals surface area contributed by atoms with Crippen LogP contribution in [-0.4, -0.2) is 24.1 Å². The summed E-state index contributed by atoms with van der Waals surface area (Å²) in [6, 6.07) is 0. The van der Waals surface area contributed by atoms with Crippen LogP contribution in [0.25, 0.3) is 0 Å². The number of allylic oxidation sites excluding steroid dienone is 1. The van der Waals surface area contributed by atoms with Crippen molar-refractivity contribution in [3.8, 4) is 0 Å². The molecule has 0 saturated heterocycles. The molecule has 0 aromatic heterocycles. The second-order valence-corrected chi connectivity index (χ2v) is 9.83. The van der Waals surface area contributed by atoms with E-state index in [9.17, 15) is 14.4 Å². The van der Waals surface area contributed by atoms with Crippen molar-refractivity contribution in [2.45, 2.75) is 65.7 Å². The molecule has 2 bridgehead atoms. The zero-order chi connectivity index (χ0) is 18.9. The fraction of sp³-hybridized carbons (Fsp3) is 0.773. The standard InChI is InChI=1S/C22H30O4/c1-13-10-22-11-15(13)5-6-16(22)20(3)8-7-18(24)21(4,12-26-14(2)23)17(20)9-19(22)25/h15-17H,1,5-12H2,2-4H3. The van der Waals surface area contributed by atoms with E-state index in [0.717, 1.165) is 32.1 Å². The summed E-state index contributed by atoms with van der Waals surface area (Å²) in [6.45, 7) is 9.97. The van der Waals surface area contributed by atoms with E-state index in [1.54, 1.807) is 0 Å². The van der Waals surface area contributed by atoms with Gasteiger partial charge in [-0.15, -0.1) is 0 Å². The minimum Gasteiger partial charge on any atom is -0.465 e. The summed E-state index contributed by atoms with van der Waals surface area (Å²) in [5, 5.41) is 0. The Bertz CT molecular complexity index is 709. The van der Waals surface area contributed by atoms with Crippen LogP contribution in [0.1, 0.15) is 65.7 Å². The molecule has 1 spiro atoms. The number of ketones is 2. The van der Waals surface area contributed by atoms with Crippen molar-refractivity contribution in [3.63, 3.8) is 0 Å². The SMILES string of the molecule is C=C1CC23CC1CCC2C1(C)CCC(=O)C(C)(COC(C)=O)C1CC3=O. The molecule has 26 heavy (non-hydrogen) atoms. The largest absolute Gasteiger partial charge is 0.465 e. The number of carbonyl (C=O) groups excluding carboxylic acids is 3. The lowest BCUT2D eigenvalue weighted by Crippen LogP contribution is -2.63. The molecule has 4 saturated carbocycles. The van der Waals surface area contributed by atoms with E-state index in [-0.39, 0.29) is 35.1 Å². The van der Waals surface area contributed by atoms with Gasteiger partial charge in [0.2, 0.25) is 0 Å². The van der Waals surface area contributed by atoms with Crippen LogP contribution < -0.4 is 0 Å². The molecule has 0 amide bonds. The second-order valence-electron chi connectivity index (χ2n) is 9.83. The molecule has 4 heteroatoms. The summed E-state index contributed by atoms with van der Waals surface area (Å²) in [4.78, 5) is 37.7. The van der Waals surface area contributed by atoms with Crippen molar-refractivity contribution in [1.82, 2.24) is 0 Å². The molecule has 142 valence electrons. The van der Waals surface area contributed by atoms with E-state index in [2.05, 4.69) is 13.5 Å². The first-order chi connectivity index (χ1) is 12.1. The van der Waals surface area contributed by atoms with Crippen LogP contribution in [0.2, 0.25) is 0 Å². The highest BCUT2D eigenvalue weighted by Crippen LogP contribution is 2.70. The van der Waals surface area contributed by atoms with Gasteiger partial charge in [-0.3, -0.25) is 14.4 Å².